The van der Waals surface area contributed by atoms with E-state index < -0.39 is 0 Å². The molecule has 0 bridgehead atoms. The number of carbonyl (C=O) groups excluding carboxylic acids is 1. The second kappa shape index (κ2) is 6.91. The number of ketones is 1. The molecular weight excluding hydrogens is 300 g/mol. The van der Waals surface area contributed by atoms with Gasteiger partial charge in [0.25, 0.3) is 0 Å². The first-order valence-electron chi connectivity index (χ1n) is 8.72. The molecule has 1 saturated heterocycles. The molecule has 0 aliphatic carbocycles. The molecule has 0 radical (unpaired) electrons. The third-order valence-electron chi connectivity index (χ3n) is 4.77. The van der Waals surface area contributed by atoms with Gasteiger partial charge in [-0.25, -0.2) is 0 Å². The summed E-state index contributed by atoms with van der Waals surface area (Å²) in [6, 6.07) is 12.2. The molecule has 128 valence electrons. The van der Waals surface area contributed by atoms with E-state index in [4.69, 9.17) is 4.74 Å². The number of benzene rings is 1. The van der Waals surface area contributed by atoms with Gasteiger partial charge in [-0.1, -0.05) is 18.2 Å². The van der Waals surface area contributed by atoms with E-state index in [-0.39, 0.29) is 18.0 Å². The fourth-order valence-electron chi connectivity index (χ4n) is 3.88. The van der Waals surface area contributed by atoms with Gasteiger partial charge < -0.3 is 14.2 Å². The molecule has 0 spiro atoms. The molecule has 2 heterocycles. The molecule has 0 saturated carbocycles. The first kappa shape index (κ1) is 16.9. The molecule has 2 atom stereocenters. The average Bonchev–Trinajstić information content (AvgIpc) is 2.82. The minimum atomic E-state index is 0.216. The Kier molecular flexibility index (Phi) is 4.88. The SMILES string of the molecule is Cc1cc(C(=O)C[NH+]2C[C@H](C)O[C@@H](C)C2)c(C)n1-c1ccccc1. The summed E-state index contributed by atoms with van der Waals surface area (Å²) in [7, 11) is 0. The summed E-state index contributed by atoms with van der Waals surface area (Å²) in [4.78, 5) is 14.2. The number of morpholine rings is 1. The fraction of sp³-hybridized carbons (Fsp3) is 0.450. The number of nitrogens with one attached hydrogen (secondary N) is 1. The molecule has 2 aromatic rings. The Bertz CT molecular complexity index is 711. The number of carbonyl (C=O) groups is 1. The lowest BCUT2D eigenvalue weighted by atomic mass is 10.1. The lowest BCUT2D eigenvalue weighted by Gasteiger charge is -2.31. The van der Waals surface area contributed by atoms with Crippen LogP contribution in [0.25, 0.3) is 5.69 Å². The van der Waals surface area contributed by atoms with Crippen molar-refractivity contribution in [2.24, 2.45) is 0 Å². The van der Waals surface area contributed by atoms with Crippen molar-refractivity contribution in [2.45, 2.75) is 39.9 Å². The molecule has 1 aromatic heterocycles. The minimum absolute atomic E-state index is 0.216. The molecular formula is C20H27N2O2+. The maximum Gasteiger partial charge on any atom is 0.218 e. The topological polar surface area (TPSA) is 35.7 Å². The van der Waals surface area contributed by atoms with Crippen molar-refractivity contribution in [1.29, 1.82) is 0 Å². The van der Waals surface area contributed by atoms with Crippen LogP contribution in [0, 0.1) is 13.8 Å². The summed E-state index contributed by atoms with van der Waals surface area (Å²) >= 11 is 0. The van der Waals surface area contributed by atoms with Crippen LogP contribution >= 0.6 is 0 Å². The van der Waals surface area contributed by atoms with Crippen molar-refractivity contribution in [3.63, 3.8) is 0 Å². The van der Waals surface area contributed by atoms with Gasteiger partial charge >= 0.3 is 0 Å². The molecule has 1 aromatic carbocycles. The van der Waals surface area contributed by atoms with Gasteiger partial charge in [-0.2, -0.15) is 0 Å². The summed E-state index contributed by atoms with van der Waals surface area (Å²) in [6.07, 6.45) is 0.432. The lowest BCUT2D eigenvalue weighted by molar-refractivity contribution is -0.906. The summed E-state index contributed by atoms with van der Waals surface area (Å²) in [5.74, 6) is 0.224. The standard InChI is InChI=1S/C20H26N2O2/c1-14-10-19(17(4)22(14)18-8-6-5-7-9-18)20(23)13-21-11-15(2)24-16(3)12-21/h5-10,15-16H,11-13H2,1-4H3/p+1/t15-,16-/m0/s1. The van der Waals surface area contributed by atoms with Crippen molar-refractivity contribution in [2.75, 3.05) is 19.6 Å². The van der Waals surface area contributed by atoms with Gasteiger partial charge in [0.2, 0.25) is 5.78 Å². The first-order chi connectivity index (χ1) is 11.5. The van der Waals surface area contributed by atoms with E-state index >= 15 is 0 Å². The second-order valence-corrected chi connectivity index (χ2v) is 6.97. The molecule has 1 aliphatic rings. The molecule has 0 amide bonds. The highest BCUT2D eigenvalue weighted by molar-refractivity contribution is 5.98. The maximum atomic E-state index is 12.9. The maximum absolute atomic E-state index is 12.9. The van der Waals surface area contributed by atoms with Crippen molar-refractivity contribution in [1.82, 2.24) is 4.57 Å². The second-order valence-electron chi connectivity index (χ2n) is 6.97. The largest absolute Gasteiger partial charge is 0.364 e. The van der Waals surface area contributed by atoms with E-state index in [2.05, 4.69) is 37.5 Å². The van der Waals surface area contributed by atoms with Gasteiger partial charge in [0.15, 0.2) is 0 Å². The van der Waals surface area contributed by atoms with Crippen LogP contribution in [0.15, 0.2) is 36.4 Å². The Hall–Kier alpha value is -1.91. The van der Waals surface area contributed by atoms with Crippen LogP contribution in [0.3, 0.4) is 0 Å². The van der Waals surface area contributed by atoms with E-state index in [1.54, 1.807) is 0 Å². The zero-order valence-corrected chi connectivity index (χ0v) is 15.0. The predicted octanol–water partition coefficient (Wildman–Crippen LogP) is 1.97. The smallest absolute Gasteiger partial charge is 0.218 e. The molecule has 24 heavy (non-hydrogen) atoms. The van der Waals surface area contributed by atoms with Crippen LogP contribution in [0.5, 0.6) is 0 Å². The Morgan fingerprint density at radius 3 is 2.42 bits per heavy atom. The third-order valence-corrected chi connectivity index (χ3v) is 4.77. The minimum Gasteiger partial charge on any atom is -0.364 e. The van der Waals surface area contributed by atoms with E-state index in [1.807, 2.05) is 31.2 Å². The molecule has 1 N–H and O–H groups in total. The van der Waals surface area contributed by atoms with Crippen LogP contribution in [0.1, 0.15) is 35.6 Å². The summed E-state index contributed by atoms with van der Waals surface area (Å²) in [6.45, 7) is 10.6. The molecule has 0 unspecified atom stereocenters. The third kappa shape index (κ3) is 3.45. The summed E-state index contributed by atoms with van der Waals surface area (Å²) in [5, 5.41) is 0. The van der Waals surface area contributed by atoms with E-state index in [0.717, 1.165) is 35.7 Å². The quantitative estimate of drug-likeness (QED) is 0.872. The monoisotopic (exact) mass is 327 g/mol. The number of hydrogen-bond acceptors (Lipinski definition) is 2. The highest BCUT2D eigenvalue weighted by Gasteiger charge is 2.28. The number of quaternary nitrogens is 1. The number of ether oxygens (including phenoxy) is 1. The number of hydrogen-bond donors (Lipinski definition) is 1. The number of nitrogens with zero attached hydrogens (tertiary/aromatic N) is 1. The van der Waals surface area contributed by atoms with E-state index in [9.17, 15) is 4.79 Å². The van der Waals surface area contributed by atoms with Crippen molar-refractivity contribution in [3.05, 3.63) is 53.3 Å². The summed E-state index contributed by atoms with van der Waals surface area (Å²) in [5.41, 5.74) is 4.07. The van der Waals surface area contributed by atoms with Gasteiger partial charge in [0.05, 0.1) is 0 Å². The van der Waals surface area contributed by atoms with Crippen LogP contribution in [0.4, 0.5) is 0 Å². The Labute approximate surface area is 144 Å². The average molecular weight is 327 g/mol. The highest BCUT2D eigenvalue weighted by Crippen LogP contribution is 2.20. The highest BCUT2D eigenvalue weighted by atomic mass is 16.5. The van der Waals surface area contributed by atoms with E-state index in [0.29, 0.717) is 6.54 Å². The van der Waals surface area contributed by atoms with Crippen molar-refractivity contribution in [3.8, 4) is 5.69 Å². The number of Topliss-reactive ketones (excluding diaryl/α,β-unsaturated/α-hetero) is 1. The van der Waals surface area contributed by atoms with Crippen molar-refractivity contribution >= 4 is 5.78 Å². The Balaban J connectivity index is 1.81. The van der Waals surface area contributed by atoms with Gasteiger partial charge in [0, 0.05) is 22.6 Å². The summed E-state index contributed by atoms with van der Waals surface area (Å²) < 4.78 is 7.93. The fourth-order valence-corrected chi connectivity index (χ4v) is 3.88. The normalized spacial score (nSPS) is 24.1. The number of aryl methyl sites for hydroxylation is 1. The predicted molar refractivity (Wildman–Crippen MR) is 95.1 cm³/mol. The first-order valence-corrected chi connectivity index (χ1v) is 8.72. The number of para-hydroxylation sites is 1. The van der Waals surface area contributed by atoms with Gasteiger partial charge in [-0.3, -0.25) is 4.79 Å². The zero-order valence-electron chi connectivity index (χ0n) is 15.0. The molecule has 4 heteroatoms. The van der Waals surface area contributed by atoms with Gasteiger partial charge in [-0.05, 0) is 45.9 Å². The lowest BCUT2D eigenvalue weighted by Crippen LogP contribution is -3.16. The molecule has 3 rings (SSSR count). The van der Waals surface area contributed by atoms with Crippen LogP contribution in [0.2, 0.25) is 0 Å². The molecule has 4 nitrogen and oxygen atoms in total. The Morgan fingerprint density at radius 1 is 1.17 bits per heavy atom. The molecule has 1 fully saturated rings. The van der Waals surface area contributed by atoms with Crippen LogP contribution in [-0.2, 0) is 4.74 Å². The number of rotatable bonds is 4. The van der Waals surface area contributed by atoms with E-state index in [1.165, 1.54) is 4.90 Å². The van der Waals surface area contributed by atoms with Crippen molar-refractivity contribution < 1.29 is 14.4 Å². The van der Waals surface area contributed by atoms with Gasteiger partial charge in [-0.15, -0.1) is 0 Å². The van der Waals surface area contributed by atoms with Crippen LogP contribution < -0.4 is 4.90 Å². The Morgan fingerprint density at radius 2 is 1.79 bits per heavy atom. The van der Waals surface area contributed by atoms with Gasteiger partial charge in [0.1, 0.15) is 31.8 Å². The number of aromatic nitrogens is 1. The molecule has 1 aliphatic heterocycles. The van der Waals surface area contributed by atoms with Crippen LogP contribution in [-0.4, -0.2) is 42.2 Å². The zero-order chi connectivity index (χ0) is 17.3.